The molecular formula is C13H20. The van der Waals surface area contributed by atoms with Crippen LogP contribution in [0.3, 0.4) is 0 Å². The van der Waals surface area contributed by atoms with Crippen LogP contribution in [0.15, 0.2) is 36.5 Å². The van der Waals surface area contributed by atoms with Crippen LogP contribution >= 0.6 is 0 Å². The minimum atomic E-state index is 0.793. The van der Waals surface area contributed by atoms with Crippen molar-refractivity contribution in [2.24, 2.45) is 11.8 Å². The van der Waals surface area contributed by atoms with Gasteiger partial charge in [-0.05, 0) is 42.2 Å². The minimum Gasteiger partial charge on any atom is -0.0988 e. The summed E-state index contributed by atoms with van der Waals surface area (Å²) in [6, 6.07) is 0. The highest BCUT2D eigenvalue weighted by Crippen LogP contribution is 2.34. The molecule has 0 bridgehead atoms. The number of hydrogen-bond acceptors (Lipinski definition) is 0. The molecule has 0 saturated heterocycles. The van der Waals surface area contributed by atoms with E-state index in [1.807, 2.05) is 12.2 Å². The normalized spacial score (nSPS) is 23.5. The van der Waals surface area contributed by atoms with Gasteiger partial charge in [0.05, 0.1) is 0 Å². The molecule has 0 aromatic rings. The zero-order valence-electron chi connectivity index (χ0n) is 8.84. The van der Waals surface area contributed by atoms with Crippen LogP contribution in [0.2, 0.25) is 0 Å². The number of hydrogen-bond donors (Lipinski definition) is 0. The predicted octanol–water partition coefficient (Wildman–Crippen LogP) is 4.11. The summed E-state index contributed by atoms with van der Waals surface area (Å²) in [5, 5.41) is 0. The van der Waals surface area contributed by atoms with Crippen molar-refractivity contribution in [2.45, 2.75) is 33.1 Å². The van der Waals surface area contributed by atoms with Crippen LogP contribution in [0.5, 0.6) is 0 Å². The Morgan fingerprint density at radius 2 is 1.85 bits per heavy atom. The van der Waals surface area contributed by atoms with E-state index in [9.17, 15) is 0 Å². The fourth-order valence-corrected chi connectivity index (χ4v) is 2.03. The molecule has 0 spiro atoms. The lowest BCUT2D eigenvalue weighted by atomic mass is 9.78. The first kappa shape index (κ1) is 10.3. The SMILES string of the molecule is C=CC1=C(C=C)CC(C(C)C)CC1. The van der Waals surface area contributed by atoms with Crippen molar-refractivity contribution in [3.05, 3.63) is 36.5 Å². The van der Waals surface area contributed by atoms with Gasteiger partial charge in [0.2, 0.25) is 0 Å². The van der Waals surface area contributed by atoms with Crippen molar-refractivity contribution in [1.29, 1.82) is 0 Å². The molecule has 0 N–H and O–H groups in total. The van der Waals surface area contributed by atoms with E-state index in [4.69, 9.17) is 0 Å². The fraction of sp³-hybridized carbons (Fsp3) is 0.538. The zero-order valence-corrected chi connectivity index (χ0v) is 8.84. The van der Waals surface area contributed by atoms with Gasteiger partial charge in [-0.3, -0.25) is 0 Å². The highest BCUT2D eigenvalue weighted by atomic mass is 14.2. The molecule has 0 amide bonds. The molecule has 0 aliphatic heterocycles. The molecule has 72 valence electrons. The third-order valence-corrected chi connectivity index (χ3v) is 3.11. The van der Waals surface area contributed by atoms with Crippen LogP contribution in [0, 0.1) is 11.8 Å². The van der Waals surface area contributed by atoms with Crippen LogP contribution in [0.4, 0.5) is 0 Å². The van der Waals surface area contributed by atoms with Gasteiger partial charge in [-0.15, -0.1) is 0 Å². The third kappa shape index (κ3) is 2.33. The summed E-state index contributed by atoms with van der Waals surface area (Å²) in [4.78, 5) is 0. The van der Waals surface area contributed by atoms with Gasteiger partial charge in [-0.25, -0.2) is 0 Å². The molecule has 1 atom stereocenters. The molecule has 1 rings (SSSR count). The summed E-state index contributed by atoms with van der Waals surface area (Å²) in [5.74, 6) is 1.64. The molecule has 0 saturated carbocycles. The van der Waals surface area contributed by atoms with Crippen molar-refractivity contribution in [1.82, 2.24) is 0 Å². The van der Waals surface area contributed by atoms with E-state index in [0.29, 0.717) is 0 Å². The van der Waals surface area contributed by atoms with Crippen molar-refractivity contribution >= 4 is 0 Å². The summed E-state index contributed by atoms with van der Waals surface area (Å²) >= 11 is 0. The van der Waals surface area contributed by atoms with Crippen LogP contribution in [-0.4, -0.2) is 0 Å². The molecule has 0 aromatic carbocycles. The summed E-state index contributed by atoms with van der Waals surface area (Å²) in [5.41, 5.74) is 2.83. The molecule has 0 heteroatoms. The molecule has 13 heavy (non-hydrogen) atoms. The largest absolute Gasteiger partial charge is 0.0988 e. The topological polar surface area (TPSA) is 0 Å². The van der Waals surface area contributed by atoms with Crippen LogP contribution in [0.25, 0.3) is 0 Å². The van der Waals surface area contributed by atoms with Crippen LogP contribution < -0.4 is 0 Å². The summed E-state index contributed by atoms with van der Waals surface area (Å²) in [6.07, 6.45) is 7.70. The number of allylic oxidation sites excluding steroid dienone is 4. The third-order valence-electron chi connectivity index (χ3n) is 3.11. The average molecular weight is 176 g/mol. The van der Waals surface area contributed by atoms with Crippen molar-refractivity contribution in [2.75, 3.05) is 0 Å². The van der Waals surface area contributed by atoms with E-state index in [1.54, 1.807) is 0 Å². The van der Waals surface area contributed by atoms with Gasteiger partial charge in [0, 0.05) is 0 Å². The van der Waals surface area contributed by atoms with E-state index >= 15 is 0 Å². The van der Waals surface area contributed by atoms with Gasteiger partial charge in [0.1, 0.15) is 0 Å². The zero-order chi connectivity index (χ0) is 9.84. The van der Waals surface area contributed by atoms with Crippen molar-refractivity contribution in [3.63, 3.8) is 0 Å². The average Bonchev–Trinajstić information content (AvgIpc) is 2.16. The molecular weight excluding hydrogens is 156 g/mol. The van der Waals surface area contributed by atoms with Crippen molar-refractivity contribution in [3.8, 4) is 0 Å². The second-order valence-corrected chi connectivity index (χ2v) is 4.21. The van der Waals surface area contributed by atoms with Crippen LogP contribution in [0.1, 0.15) is 33.1 Å². The molecule has 0 radical (unpaired) electrons. The van der Waals surface area contributed by atoms with Gasteiger partial charge in [-0.2, -0.15) is 0 Å². The lowest BCUT2D eigenvalue weighted by Crippen LogP contribution is -2.14. The Morgan fingerprint density at radius 3 is 2.31 bits per heavy atom. The second kappa shape index (κ2) is 4.45. The highest BCUT2D eigenvalue weighted by Gasteiger charge is 2.20. The quantitative estimate of drug-likeness (QED) is 0.607. The lowest BCUT2D eigenvalue weighted by molar-refractivity contribution is 0.346. The number of rotatable bonds is 3. The molecule has 0 heterocycles. The van der Waals surface area contributed by atoms with E-state index in [0.717, 1.165) is 11.8 Å². The highest BCUT2D eigenvalue weighted by molar-refractivity contribution is 5.33. The fourth-order valence-electron chi connectivity index (χ4n) is 2.03. The van der Waals surface area contributed by atoms with Gasteiger partial charge < -0.3 is 0 Å². The maximum absolute atomic E-state index is 3.87. The molecule has 1 unspecified atom stereocenters. The van der Waals surface area contributed by atoms with Crippen molar-refractivity contribution < 1.29 is 0 Å². The van der Waals surface area contributed by atoms with E-state index in [1.165, 1.54) is 30.4 Å². The van der Waals surface area contributed by atoms with E-state index in [-0.39, 0.29) is 0 Å². The maximum atomic E-state index is 3.87. The minimum absolute atomic E-state index is 0.793. The molecule has 0 fully saturated rings. The predicted molar refractivity (Wildman–Crippen MR) is 59.6 cm³/mol. The Balaban J connectivity index is 2.77. The van der Waals surface area contributed by atoms with E-state index < -0.39 is 0 Å². The molecule has 1 aliphatic carbocycles. The first-order valence-corrected chi connectivity index (χ1v) is 5.16. The van der Waals surface area contributed by atoms with Gasteiger partial charge in [0.15, 0.2) is 0 Å². The van der Waals surface area contributed by atoms with E-state index in [2.05, 4.69) is 27.0 Å². The first-order valence-electron chi connectivity index (χ1n) is 5.16. The summed E-state index contributed by atoms with van der Waals surface area (Å²) in [6.45, 7) is 12.3. The maximum Gasteiger partial charge on any atom is -0.0245 e. The molecule has 0 aromatic heterocycles. The Morgan fingerprint density at radius 1 is 1.23 bits per heavy atom. The Bertz CT molecular complexity index is 230. The standard InChI is InChI=1S/C13H20/c1-5-11-7-8-13(10(3)4)9-12(11)6-2/h5-6,10,13H,1-2,7-9H2,3-4H3. The van der Waals surface area contributed by atoms with Gasteiger partial charge in [0.25, 0.3) is 0 Å². The van der Waals surface area contributed by atoms with Crippen LogP contribution in [-0.2, 0) is 0 Å². The molecule has 1 aliphatic rings. The smallest absolute Gasteiger partial charge is 0.0245 e. The Kier molecular flexibility index (Phi) is 3.53. The monoisotopic (exact) mass is 176 g/mol. The lowest BCUT2D eigenvalue weighted by Gasteiger charge is -2.27. The molecule has 0 nitrogen and oxygen atoms in total. The Hall–Kier alpha value is -0.780. The Labute approximate surface area is 82.0 Å². The first-order chi connectivity index (χ1) is 6.19. The summed E-state index contributed by atoms with van der Waals surface area (Å²) in [7, 11) is 0. The van der Waals surface area contributed by atoms with Gasteiger partial charge >= 0.3 is 0 Å². The van der Waals surface area contributed by atoms with Gasteiger partial charge in [-0.1, -0.05) is 39.2 Å². The second-order valence-electron chi connectivity index (χ2n) is 4.21. The summed E-state index contributed by atoms with van der Waals surface area (Å²) < 4.78 is 0.